The summed E-state index contributed by atoms with van der Waals surface area (Å²) in [6, 6.07) is 5.94. The molecule has 2 unspecified atom stereocenters. The van der Waals surface area contributed by atoms with Crippen LogP contribution < -0.4 is 0 Å². The molecule has 1 rings (SSSR count). The van der Waals surface area contributed by atoms with E-state index < -0.39 is 17.8 Å². The first-order valence-electron chi connectivity index (χ1n) is 4.09. The van der Waals surface area contributed by atoms with E-state index in [1.165, 1.54) is 18.2 Å². The molecule has 2 atom stereocenters. The molecule has 0 radical (unpaired) electrons. The summed E-state index contributed by atoms with van der Waals surface area (Å²) in [5.74, 6) is -0.986. The molecule has 14 heavy (non-hydrogen) atoms. The van der Waals surface area contributed by atoms with Crippen LogP contribution in [0, 0.1) is 23.1 Å². The molecular weight excluding hydrogens is 249 g/mol. The van der Waals surface area contributed by atoms with E-state index in [2.05, 4.69) is 15.9 Å². The highest BCUT2D eigenvalue weighted by Gasteiger charge is 2.18. The smallest absolute Gasteiger partial charge is 0.123 e. The number of rotatable bonds is 2. The molecule has 0 saturated heterocycles. The minimum Gasteiger partial charge on any atom is -0.387 e. The summed E-state index contributed by atoms with van der Waals surface area (Å²) >= 11 is 3.19. The number of nitriles is 1. The lowest BCUT2D eigenvalue weighted by Crippen LogP contribution is -2.08. The number of aliphatic hydroxyl groups is 1. The first-order valence-corrected chi connectivity index (χ1v) is 4.88. The number of nitrogens with zero attached hydrogens (tertiary/aromatic N) is 1. The van der Waals surface area contributed by atoms with Crippen LogP contribution in [-0.4, -0.2) is 5.11 Å². The maximum atomic E-state index is 12.9. The van der Waals surface area contributed by atoms with Gasteiger partial charge < -0.3 is 5.11 Å². The van der Waals surface area contributed by atoms with Crippen molar-refractivity contribution in [3.63, 3.8) is 0 Å². The van der Waals surface area contributed by atoms with Crippen molar-refractivity contribution in [3.8, 4) is 6.07 Å². The largest absolute Gasteiger partial charge is 0.387 e. The van der Waals surface area contributed by atoms with Gasteiger partial charge in [-0.2, -0.15) is 5.26 Å². The van der Waals surface area contributed by atoms with Gasteiger partial charge in [0.25, 0.3) is 0 Å². The predicted molar refractivity (Wildman–Crippen MR) is 53.8 cm³/mol. The van der Waals surface area contributed by atoms with E-state index in [1.54, 1.807) is 6.92 Å². The second-order valence-electron chi connectivity index (χ2n) is 3.03. The Bertz CT molecular complexity index is 375. The molecule has 0 aliphatic carbocycles. The molecule has 1 aromatic rings. The average Bonchev–Trinajstić information content (AvgIpc) is 2.19. The summed E-state index contributed by atoms with van der Waals surface area (Å²) in [6.07, 6.45) is -0.968. The lowest BCUT2D eigenvalue weighted by Gasteiger charge is -2.14. The molecule has 0 heterocycles. The molecule has 4 heteroatoms. The Morgan fingerprint density at radius 1 is 1.57 bits per heavy atom. The van der Waals surface area contributed by atoms with E-state index in [4.69, 9.17) is 5.26 Å². The number of halogens is 2. The van der Waals surface area contributed by atoms with Crippen LogP contribution in [0.3, 0.4) is 0 Å². The van der Waals surface area contributed by atoms with Gasteiger partial charge in [0.1, 0.15) is 5.82 Å². The first kappa shape index (κ1) is 11.2. The number of benzene rings is 1. The van der Waals surface area contributed by atoms with Crippen LogP contribution in [0.15, 0.2) is 22.7 Å². The Morgan fingerprint density at radius 2 is 2.21 bits per heavy atom. The van der Waals surface area contributed by atoms with Crippen LogP contribution in [-0.2, 0) is 0 Å². The van der Waals surface area contributed by atoms with Crippen molar-refractivity contribution in [2.24, 2.45) is 5.92 Å². The van der Waals surface area contributed by atoms with Crippen molar-refractivity contribution in [1.29, 1.82) is 5.26 Å². The Kier molecular flexibility index (Phi) is 3.62. The topological polar surface area (TPSA) is 44.0 Å². The zero-order chi connectivity index (χ0) is 10.7. The van der Waals surface area contributed by atoms with Crippen LogP contribution in [0.5, 0.6) is 0 Å². The molecule has 1 aromatic carbocycles. The van der Waals surface area contributed by atoms with Crippen LogP contribution >= 0.6 is 15.9 Å². The molecule has 0 saturated carbocycles. The summed E-state index contributed by atoms with van der Waals surface area (Å²) in [4.78, 5) is 0. The van der Waals surface area contributed by atoms with E-state index in [-0.39, 0.29) is 0 Å². The van der Waals surface area contributed by atoms with Crippen molar-refractivity contribution in [2.45, 2.75) is 13.0 Å². The highest BCUT2D eigenvalue weighted by molar-refractivity contribution is 9.10. The van der Waals surface area contributed by atoms with Gasteiger partial charge in [-0.1, -0.05) is 15.9 Å². The fourth-order valence-electron chi connectivity index (χ4n) is 1.08. The van der Waals surface area contributed by atoms with Crippen LogP contribution in [0.25, 0.3) is 0 Å². The number of hydrogen-bond donors (Lipinski definition) is 1. The third-order valence-corrected chi connectivity index (χ3v) is 2.68. The maximum absolute atomic E-state index is 12.9. The minimum atomic E-state index is -0.968. The maximum Gasteiger partial charge on any atom is 0.123 e. The van der Waals surface area contributed by atoms with Gasteiger partial charge in [0.2, 0.25) is 0 Å². The van der Waals surface area contributed by atoms with Gasteiger partial charge in [0.05, 0.1) is 18.1 Å². The normalized spacial score (nSPS) is 14.5. The van der Waals surface area contributed by atoms with Crippen molar-refractivity contribution >= 4 is 15.9 Å². The van der Waals surface area contributed by atoms with Crippen molar-refractivity contribution in [3.05, 3.63) is 34.1 Å². The fourth-order valence-corrected chi connectivity index (χ4v) is 1.56. The number of aliphatic hydroxyl groups excluding tert-OH is 1. The average molecular weight is 258 g/mol. The fraction of sp³-hybridized carbons (Fsp3) is 0.300. The molecule has 0 aliphatic heterocycles. The summed E-state index contributed by atoms with van der Waals surface area (Å²) < 4.78 is 13.5. The second-order valence-corrected chi connectivity index (χ2v) is 3.88. The molecule has 0 spiro atoms. The quantitative estimate of drug-likeness (QED) is 0.886. The van der Waals surface area contributed by atoms with Crippen molar-refractivity contribution in [1.82, 2.24) is 0 Å². The second kappa shape index (κ2) is 4.54. The van der Waals surface area contributed by atoms with E-state index in [0.717, 1.165) is 0 Å². The molecule has 1 N–H and O–H groups in total. The molecule has 2 nitrogen and oxygen atoms in total. The SMILES string of the molecule is CC(C#N)C(O)c1cc(F)ccc1Br. The Hall–Kier alpha value is -0.920. The van der Waals surface area contributed by atoms with Gasteiger partial charge in [-0.3, -0.25) is 0 Å². The minimum absolute atomic E-state index is 0.402. The van der Waals surface area contributed by atoms with Gasteiger partial charge in [0.15, 0.2) is 0 Å². The zero-order valence-electron chi connectivity index (χ0n) is 7.54. The third kappa shape index (κ3) is 2.31. The summed E-state index contributed by atoms with van der Waals surface area (Å²) in [5.41, 5.74) is 0.402. The molecule has 74 valence electrons. The molecule has 0 aromatic heterocycles. The Morgan fingerprint density at radius 3 is 2.79 bits per heavy atom. The van der Waals surface area contributed by atoms with Gasteiger partial charge in [-0.15, -0.1) is 0 Å². The van der Waals surface area contributed by atoms with Gasteiger partial charge in [0, 0.05) is 4.47 Å². The Labute approximate surface area is 90.1 Å². The van der Waals surface area contributed by atoms with Crippen LogP contribution in [0.1, 0.15) is 18.6 Å². The summed E-state index contributed by atoms with van der Waals surface area (Å²) in [7, 11) is 0. The predicted octanol–water partition coefficient (Wildman–Crippen LogP) is 2.78. The van der Waals surface area contributed by atoms with Crippen molar-refractivity contribution < 1.29 is 9.50 Å². The van der Waals surface area contributed by atoms with Gasteiger partial charge >= 0.3 is 0 Å². The molecule has 0 fully saturated rings. The van der Waals surface area contributed by atoms with Crippen LogP contribution in [0.4, 0.5) is 4.39 Å². The summed E-state index contributed by atoms with van der Waals surface area (Å²) in [6.45, 7) is 1.59. The first-order chi connectivity index (χ1) is 6.56. The lowest BCUT2D eigenvalue weighted by molar-refractivity contribution is 0.141. The summed E-state index contributed by atoms with van der Waals surface area (Å²) in [5, 5.41) is 18.3. The van der Waals surface area contributed by atoms with E-state index >= 15 is 0 Å². The third-order valence-electron chi connectivity index (χ3n) is 1.95. The van der Waals surface area contributed by atoms with E-state index in [1.807, 2.05) is 6.07 Å². The molecule has 0 bridgehead atoms. The lowest BCUT2D eigenvalue weighted by atomic mass is 9.99. The zero-order valence-corrected chi connectivity index (χ0v) is 9.12. The van der Waals surface area contributed by atoms with Crippen LogP contribution in [0.2, 0.25) is 0 Å². The molecular formula is C10H9BrFNO. The van der Waals surface area contributed by atoms with Gasteiger partial charge in [-0.05, 0) is 30.7 Å². The van der Waals surface area contributed by atoms with Gasteiger partial charge in [-0.25, -0.2) is 4.39 Å². The molecule has 0 aliphatic rings. The standard InChI is InChI=1S/C10H9BrFNO/c1-6(5-13)10(14)8-4-7(12)2-3-9(8)11/h2-4,6,10,14H,1H3. The molecule has 0 amide bonds. The Balaban J connectivity index is 3.07. The van der Waals surface area contributed by atoms with E-state index in [9.17, 15) is 9.50 Å². The highest BCUT2D eigenvalue weighted by atomic mass is 79.9. The monoisotopic (exact) mass is 257 g/mol. The van der Waals surface area contributed by atoms with Crippen molar-refractivity contribution in [2.75, 3.05) is 0 Å². The number of hydrogen-bond acceptors (Lipinski definition) is 2. The van der Waals surface area contributed by atoms with E-state index in [0.29, 0.717) is 10.0 Å². The highest BCUT2D eigenvalue weighted by Crippen LogP contribution is 2.28.